The van der Waals surface area contributed by atoms with Crippen molar-refractivity contribution >= 4 is 0 Å². The first-order valence-electron chi connectivity index (χ1n) is 3.33. The summed E-state index contributed by atoms with van der Waals surface area (Å²) >= 11 is 0. The zero-order valence-corrected chi connectivity index (χ0v) is 6.07. The van der Waals surface area contributed by atoms with E-state index >= 15 is 0 Å². The van der Waals surface area contributed by atoms with E-state index in [0.717, 1.165) is 17.2 Å². The van der Waals surface area contributed by atoms with E-state index in [1.807, 2.05) is 19.1 Å². The Morgan fingerprint density at radius 1 is 1.27 bits per heavy atom. The van der Waals surface area contributed by atoms with Crippen LogP contribution in [0.4, 0.5) is 0 Å². The molecule has 0 aliphatic carbocycles. The molecule has 0 unspecified atom stereocenters. The lowest BCUT2D eigenvalue weighted by Crippen LogP contribution is -1.68. The second kappa shape index (κ2) is 2.27. The molecule has 3 heteroatoms. The van der Waals surface area contributed by atoms with Gasteiger partial charge in [0.2, 0.25) is 0 Å². The summed E-state index contributed by atoms with van der Waals surface area (Å²) in [6.07, 6.45) is 1.52. The van der Waals surface area contributed by atoms with E-state index < -0.39 is 0 Å². The van der Waals surface area contributed by atoms with Crippen LogP contribution in [0.1, 0.15) is 5.76 Å². The minimum Gasteiger partial charge on any atom is -0.460 e. The number of nitrogens with zero attached hydrogens (tertiary/aromatic N) is 1. The molecule has 11 heavy (non-hydrogen) atoms. The van der Waals surface area contributed by atoms with Gasteiger partial charge < -0.3 is 8.94 Å². The Hall–Kier alpha value is -1.51. The molecule has 0 bridgehead atoms. The van der Waals surface area contributed by atoms with E-state index in [9.17, 15) is 0 Å². The molecule has 0 aliphatic rings. The molecule has 0 spiro atoms. The lowest BCUT2D eigenvalue weighted by atomic mass is 10.3. The molecule has 0 amide bonds. The van der Waals surface area contributed by atoms with E-state index in [1.165, 1.54) is 6.26 Å². The molecule has 0 saturated carbocycles. The first-order chi connectivity index (χ1) is 5.36. The molecule has 0 fully saturated rings. The van der Waals surface area contributed by atoms with E-state index in [2.05, 4.69) is 9.68 Å². The Balaban J connectivity index is 2.45. The number of hydrogen-bond donors (Lipinski definition) is 0. The first-order valence-corrected chi connectivity index (χ1v) is 3.33. The minimum absolute atomic E-state index is 0.734. The van der Waals surface area contributed by atoms with Crippen molar-refractivity contribution in [2.45, 2.75) is 6.92 Å². The molecule has 0 aliphatic heterocycles. The SMILES string of the molecule is Cc1ccc(-c2ccon2)o1. The van der Waals surface area contributed by atoms with Crippen molar-refractivity contribution in [2.24, 2.45) is 0 Å². The van der Waals surface area contributed by atoms with Gasteiger partial charge in [0.05, 0.1) is 0 Å². The molecule has 0 radical (unpaired) electrons. The third-order valence-electron chi connectivity index (χ3n) is 1.43. The van der Waals surface area contributed by atoms with Crippen LogP contribution in [0.25, 0.3) is 11.5 Å². The molecular weight excluding hydrogens is 142 g/mol. The van der Waals surface area contributed by atoms with E-state index in [1.54, 1.807) is 6.07 Å². The second-order valence-corrected chi connectivity index (χ2v) is 2.29. The summed E-state index contributed by atoms with van der Waals surface area (Å²) < 4.78 is 9.97. The predicted molar refractivity (Wildman–Crippen MR) is 38.9 cm³/mol. The van der Waals surface area contributed by atoms with Crippen molar-refractivity contribution in [3.63, 3.8) is 0 Å². The largest absolute Gasteiger partial charge is 0.460 e. The van der Waals surface area contributed by atoms with Crippen molar-refractivity contribution in [2.75, 3.05) is 0 Å². The second-order valence-electron chi connectivity index (χ2n) is 2.29. The highest BCUT2D eigenvalue weighted by molar-refractivity contribution is 5.50. The molecule has 0 N–H and O–H groups in total. The van der Waals surface area contributed by atoms with Crippen LogP contribution in [0.15, 0.2) is 33.4 Å². The van der Waals surface area contributed by atoms with Crippen LogP contribution < -0.4 is 0 Å². The fourth-order valence-corrected chi connectivity index (χ4v) is 0.912. The fraction of sp³-hybridized carbons (Fsp3) is 0.125. The van der Waals surface area contributed by atoms with E-state index in [0.29, 0.717) is 0 Å². The zero-order chi connectivity index (χ0) is 7.68. The van der Waals surface area contributed by atoms with Crippen molar-refractivity contribution in [3.8, 4) is 11.5 Å². The normalized spacial score (nSPS) is 10.3. The minimum atomic E-state index is 0.734. The van der Waals surface area contributed by atoms with Gasteiger partial charge in [-0.15, -0.1) is 0 Å². The number of aryl methyl sites for hydroxylation is 1. The lowest BCUT2D eigenvalue weighted by molar-refractivity contribution is 0.419. The number of furan rings is 1. The third kappa shape index (κ3) is 1.05. The highest BCUT2D eigenvalue weighted by atomic mass is 16.5. The van der Waals surface area contributed by atoms with Gasteiger partial charge in [-0.2, -0.15) is 0 Å². The molecule has 2 aromatic heterocycles. The number of rotatable bonds is 1. The first kappa shape index (κ1) is 6.22. The van der Waals surface area contributed by atoms with Gasteiger partial charge in [-0.25, -0.2) is 0 Å². The number of aromatic nitrogens is 1. The standard InChI is InChI=1S/C8H7NO2/c1-6-2-3-8(11-6)7-4-5-10-9-7/h2-5H,1H3. The van der Waals surface area contributed by atoms with Crippen LogP contribution in [-0.2, 0) is 0 Å². The number of hydrogen-bond acceptors (Lipinski definition) is 3. The van der Waals surface area contributed by atoms with Crippen LogP contribution in [0.5, 0.6) is 0 Å². The Labute approximate surface area is 63.6 Å². The van der Waals surface area contributed by atoms with Crippen LogP contribution in [0.2, 0.25) is 0 Å². The molecule has 0 aromatic carbocycles. The maximum Gasteiger partial charge on any atom is 0.156 e. The van der Waals surface area contributed by atoms with Crippen molar-refractivity contribution in [1.29, 1.82) is 0 Å². The maximum atomic E-state index is 5.31. The molecule has 0 saturated heterocycles. The van der Waals surface area contributed by atoms with Crippen molar-refractivity contribution in [3.05, 3.63) is 30.2 Å². The lowest BCUT2D eigenvalue weighted by Gasteiger charge is -1.84. The molecule has 2 aromatic rings. The molecule has 0 atom stereocenters. The quantitative estimate of drug-likeness (QED) is 0.624. The van der Waals surface area contributed by atoms with Crippen LogP contribution in [0.3, 0.4) is 0 Å². The Bertz CT molecular complexity index is 335. The van der Waals surface area contributed by atoms with Gasteiger partial charge in [-0.3, -0.25) is 0 Å². The Kier molecular flexibility index (Phi) is 1.28. The monoisotopic (exact) mass is 149 g/mol. The van der Waals surface area contributed by atoms with E-state index in [4.69, 9.17) is 4.42 Å². The fourth-order valence-electron chi connectivity index (χ4n) is 0.912. The van der Waals surface area contributed by atoms with Crippen LogP contribution in [0, 0.1) is 6.92 Å². The summed E-state index contributed by atoms with van der Waals surface area (Å²) in [6, 6.07) is 5.52. The summed E-state index contributed by atoms with van der Waals surface area (Å²) in [6.45, 7) is 1.89. The summed E-state index contributed by atoms with van der Waals surface area (Å²) in [4.78, 5) is 0. The average Bonchev–Trinajstić information content (AvgIpc) is 2.55. The van der Waals surface area contributed by atoms with E-state index in [-0.39, 0.29) is 0 Å². The van der Waals surface area contributed by atoms with Gasteiger partial charge in [0, 0.05) is 6.07 Å². The summed E-state index contributed by atoms with van der Waals surface area (Å²) in [5, 5.41) is 3.73. The average molecular weight is 149 g/mol. The molecule has 56 valence electrons. The van der Waals surface area contributed by atoms with Crippen LogP contribution >= 0.6 is 0 Å². The van der Waals surface area contributed by atoms with Crippen molar-refractivity contribution < 1.29 is 8.94 Å². The van der Waals surface area contributed by atoms with Crippen molar-refractivity contribution in [1.82, 2.24) is 5.16 Å². The topological polar surface area (TPSA) is 39.2 Å². The third-order valence-corrected chi connectivity index (χ3v) is 1.43. The van der Waals surface area contributed by atoms with Gasteiger partial charge in [-0.05, 0) is 19.1 Å². The molecule has 2 heterocycles. The predicted octanol–water partition coefficient (Wildman–Crippen LogP) is 2.24. The highest BCUT2D eigenvalue weighted by Crippen LogP contribution is 2.18. The summed E-state index contributed by atoms with van der Waals surface area (Å²) in [5.74, 6) is 1.62. The Morgan fingerprint density at radius 2 is 2.18 bits per heavy atom. The maximum absolute atomic E-state index is 5.31. The van der Waals surface area contributed by atoms with Gasteiger partial charge in [0.1, 0.15) is 17.7 Å². The highest BCUT2D eigenvalue weighted by Gasteiger charge is 2.03. The zero-order valence-electron chi connectivity index (χ0n) is 6.07. The van der Waals surface area contributed by atoms with Gasteiger partial charge in [-0.1, -0.05) is 5.16 Å². The van der Waals surface area contributed by atoms with Gasteiger partial charge in [0.25, 0.3) is 0 Å². The smallest absolute Gasteiger partial charge is 0.156 e. The van der Waals surface area contributed by atoms with Gasteiger partial charge >= 0.3 is 0 Å². The van der Waals surface area contributed by atoms with Gasteiger partial charge in [0.15, 0.2) is 5.76 Å². The summed E-state index contributed by atoms with van der Waals surface area (Å²) in [5.41, 5.74) is 0.734. The Morgan fingerprint density at radius 3 is 2.73 bits per heavy atom. The summed E-state index contributed by atoms with van der Waals surface area (Å²) in [7, 11) is 0. The molecular formula is C8H7NO2. The molecule has 2 rings (SSSR count). The molecule has 3 nitrogen and oxygen atoms in total. The van der Waals surface area contributed by atoms with Crippen LogP contribution in [-0.4, -0.2) is 5.16 Å².